The Morgan fingerprint density at radius 3 is 2.21 bits per heavy atom. The van der Waals surface area contributed by atoms with Gasteiger partial charge in [-0.15, -0.1) is 0 Å². The molecule has 3 aromatic carbocycles. The predicted octanol–water partition coefficient (Wildman–Crippen LogP) is 6.69. The molecule has 1 heterocycles. The lowest BCUT2D eigenvalue weighted by atomic mass is 10.1. The number of fused-ring (bicyclic) bond motifs is 1. The van der Waals surface area contributed by atoms with Crippen LogP contribution in [0.5, 0.6) is 34.5 Å². The van der Waals surface area contributed by atoms with Crippen LogP contribution in [0.1, 0.15) is 17.5 Å². The molecule has 0 atom stereocenters. The van der Waals surface area contributed by atoms with E-state index in [0.29, 0.717) is 41.7 Å². The van der Waals surface area contributed by atoms with Crippen molar-refractivity contribution in [3.63, 3.8) is 0 Å². The van der Waals surface area contributed by atoms with Crippen LogP contribution < -0.4 is 29.0 Å². The quantitative estimate of drug-likeness (QED) is 0.214. The van der Waals surface area contributed by atoms with Gasteiger partial charge in [-0.25, -0.2) is 4.79 Å². The zero-order valence-corrected chi connectivity index (χ0v) is 22.7. The maximum absolute atomic E-state index is 12.4. The van der Waals surface area contributed by atoms with Gasteiger partial charge in [0.15, 0.2) is 11.5 Å². The van der Waals surface area contributed by atoms with Crippen LogP contribution >= 0.6 is 0 Å². The fraction of sp³-hybridized carbons (Fsp3) is 0.267. The molecule has 0 aliphatic heterocycles. The van der Waals surface area contributed by atoms with Crippen LogP contribution in [0.15, 0.2) is 60.8 Å². The van der Waals surface area contributed by atoms with Gasteiger partial charge >= 0.3 is 6.09 Å². The van der Waals surface area contributed by atoms with Crippen molar-refractivity contribution in [3.05, 3.63) is 71.9 Å². The molecule has 9 nitrogen and oxygen atoms in total. The molecule has 0 unspecified atom stereocenters. The highest BCUT2D eigenvalue weighted by molar-refractivity contribution is 5.89. The first-order valence-corrected chi connectivity index (χ1v) is 12.4. The van der Waals surface area contributed by atoms with E-state index in [0.717, 1.165) is 33.5 Å². The number of carbonyl (C=O) groups is 1. The van der Waals surface area contributed by atoms with E-state index in [2.05, 4.69) is 10.3 Å². The molecule has 0 aliphatic rings. The standard InChI is InChI=1S/C30H32N2O7/c1-19-16-27(39-26-11-12-31-25-18-29(36-5)28(35-4)17-23(25)26)20(2)15-24(19)32-30(33)38-14-6-13-37-22-9-7-21(34-3)8-10-22/h7-12,15-18H,6,13-14H2,1-5H3,(H,32,33). The number of rotatable bonds is 11. The number of benzene rings is 3. The minimum atomic E-state index is -0.531. The minimum Gasteiger partial charge on any atom is -0.497 e. The number of pyridine rings is 1. The van der Waals surface area contributed by atoms with Gasteiger partial charge in [0.05, 0.1) is 40.1 Å². The molecule has 0 spiro atoms. The van der Waals surface area contributed by atoms with Gasteiger partial charge in [-0.3, -0.25) is 10.3 Å². The molecule has 39 heavy (non-hydrogen) atoms. The van der Waals surface area contributed by atoms with E-state index in [4.69, 9.17) is 28.4 Å². The first-order valence-electron chi connectivity index (χ1n) is 12.4. The van der Waals surface area contributed by atoms with Crippen molar-refractivity contribution in [1.82, 2.24) is 4.98 Å². The van der Waals surface area contributed by atoms with Gasteiger partial charge in [-0.1, -0.05) is 0 Å². The highest BCUT2D eigenvalue weighted by atomic mass is 16.6. The summed E-state index contributed by atoms with van der Waals surface area (Å²) in [6.07, 6.45) is 1.71. The van der Waals surface area contributed by atoms with Crippen LogP contribution in [-0.4, -0.2) is 45.6 Å². The number of anilines is 1. The highest BCUT2D eigenvalue weighted by Crippen LogP contribution is 2.38. The second kappa shape index (κ2) is 12.7. The van der Waals surface area contributed by atoms with E-state index in [-0.39, 0.29) is 6.61 Å². The lowest BCUT2D eigenvalue weighted by molar-refractivity contribution is 0.152. The van der Waals surface area contributed by atoms with Crippen molar-refractivity contribution < 1.29 is 33.2 Å². The summed E-state index contributed by atoms with van der Waals surface area (Å²) in [5, 5.41) is 3.59. The molecule has 9 heteroatoms. The molecular weight excluding hydrogens is 500 g/mol. The normalized spacial score (nSPS) is 10.6. The Morgan fingerprint density at radius 2 is 1.49 bits per heavy atom. The molecule has 1 aromatic heterocycles. The molecule has 0 bridgehead atoms. The van der Waals surface area contributed by atoms with Crippen molar-refractivity contribution in [2.24, 2.45) is 0 Å². The van der Waals surface area contributed by atoms with Crippen molar-refractivity contribution >= 4 is 22.7 Å². The summed E-state index contributed by atoms with van der Waals surface area (Å²) in [7, 11) is 4.78. The summed E-state index contributed by atoms with van der Waals surface area (Å²) < 4.78 is 33.2. The topological polar surface area (TPSA) is 97.4 Å². The lowest BCUT2D eigenvalue weighted by Crippen LogP contribution is -2.16. The average molecular weight is 533 g/mol. The number of hydrogen-bond acceptors (Lipinski definition) is 8. The zero-order chi connectivity index (χ0) is 27.8. The number of carbonyl (C=O) groups excluding carboxylic acids is 1. The van der Waals surface area contributed by atoms with Gasteiger partial charge in [-0.2, -0.15) is 0 Å². The van der Waals surface area contributed by atoms with Crippen molar-refractivity contribution in [2.75, 3.05) is 39.9 Å². The Kier molecular flexibility index (Phi) is 8.94. The molecule has 0 radical (unpaired) electrons. The number of nitrogens with zero attached hydrogens (tertiary/aromatic N) is 1. The third-order valence-corrected chi connectivity index (χ3v) is 6.04. The summed E-state index contributed by atoms with van der Waals surface area (Å²) in [5.41, 5.74) is 3.03. The third kappa shape index (κ3) is 6.81. The number of aryl methyl sites for hydroxylation is 2. The molecule has 0 saturated carbocycles. The Balaban J connectivity index is 1.35. The Hall–Kier alpha value is -4.66. The summed E-state index contributed by atoms with van der Waals surface area (Å²) in [6.45, 7) is 4.45. The highest BCUT2D eigenvalue weighted by Gasteiger charge is 2.14. The Labute approximate surface area is 227 Å². The van der Waals surface area contributed by atoms with E-state index in [1.54, 1.807) is 33.6 Å². The van der Waals surface area contributed by atoms with E-state index < -0.39 is 6.09 Å². The molecule has 1 N–H and O–H groups in total. The number of amides is 1. The van der Waals surface area contributed by atoms with Crippen LogP contribution in [0, 0.1) is 13.8 Å². The molecule has 0 fully saturated rings. The van der Waals surface area contributed by atoms with Crippen molar-refractivity contribution in [2.45, 2.75) is 20.3 Å². The Morgan fingerprint density at radius 1 is 0.769 bits per heavy atom. The molecule has 0 saturated heterocycles. The molecule has 0 aliphatic carbocycles. The van der Waals surface area contributed by atoms with Gasteiger partial charge < -0.3 is 28.4 Å². The van der Waals surface area contributed by atoms with Crippen LogP contribution in [0.2, 0.25) is 0 Å². The fourth-order valence-electron chi connectivity index (χ4n) is 3.92. The van der Waals surface area contributed by atoms with Gasteiger partial charge in [0.25, 0.3) is 0 Å². The average Bonchev–Trinajstić information content (AvgIpc) is 2.95. The molecule has 4 aromatic rings. The zero-order valence-electron chi connectivity index (χ0n) is 22.7. The summed E-state index contributed by atoms with van der Waals surface area (Å²) in [4.78, 5) is 16.8. The lowest BCUT2D eigenvalue weighted by Gasteiger charge is -2.16. The predicted molar refractivity (Wildman–Crippen MR) is 149 cm³/mol. The van der Waals surface area contributed by atoms with E-state index in [1.807, 2.05) is 62.4 Å². The first kappa shape index (κ1) is 27.4. The second-order valence-electron chi connectivity index (χ2n) is 8.71. The minimum absolute atomic E-state index is 0.227. The van der Waals surface area contributed by atoms with Gasteiger partial charge in [0.1, 0.15) is 23.0 Å². The number of methoxy groups -OCH3 is 3. The summed E-state index contributed by atoms with van der Waals surface area (Å²) in [6, 6.07) is 16.5. The molecule has 4 rings (SSSR count). The van der Waals surface area contributed by atoms with Gasteiger partial charge in [0.2, 0.25) is 0 Å². The molecular formula is C30H32N2O7. The van der Waals surface area contributed by atoms with Gasteiger partial charge in [-0.05, 0) is 73.5 Å². The number of nitrogens with one attached hydrogen (secondary N) is 1. The van der Waals surface area contributed by atoms with Gasteiger partial charge in [0, 0.05) is 29.8 Å². The second-order valence-corrected chi connectivity index (χ2v) is 8.71. The Bertz CT molecular complexity index is 1440. The maximum atomic E-state index is 12.4. The third-order valence-electron chi connectivity index (χ3n) is 6.04. The molecule has 1 amide bonds. The summed E-state index contributed by atoms with van der Waals surface area (Å²) >= 11 is 0. The van der Waals surface area contributed by atoms with Crippen LogP contribution in [0.3, 0.4) is 0 Å². The summed E-state index contributed by atoms with van der Waals surface area (Å²) in [5.74, 6) is 3.95. The largest absolute Gasteiger partial charge is 0.497 e. The van der Waals surface area contributed by atoms with Crippen LogP contribution in [-0.2, 0) is 4.74 Å². The SMILES string of the molecule is COc1ccc(OCCCOC(=O)Nc2cc(C)c(Oc3ccnc4cc(OC)c(OC)cc34)cc2C)cc1. The fourth-order valence-corrected chi connectivity index (χ4v) is 3.92. The van der Waals surface area contributed by atoms with E-state index in [9.17, 15) is 4.79 Å². The first-order chi connectivity index (χ1) is 18.9. The van der Waals surface area contributed by atoms with Crippen molar-refractivity contribution in [1.29, 1.82) is 0 Å². The smallest absolute Gasteiger partial charge is 0.411 e. The molecule has 204 valence electrons. The van der Waals surface area contributed by atoms with Crippen molar-refractivity contribution in [3.8, 4) is 34.5 Å². The van der Waals surface area contributed by atoms with Crippen LogP contribution in [0.25, 0.3) is 10.9 Å². The van der Waals surface area contributed by atoms with E-state index in [1.165, 1.54) is 0 Å². The monoisotopic (exact) mass is 532 g/mol. The maximum Gasteiger partial charge on any atom is 0.411 e. The number of hydrogen-bond donors (Lipinski definition) is 1. The number of aromatic nitrogens is 1. The van der Waals surface area contributed by atoms with Crippen LogP contribution in [0.4, 0.5) is 10.5 Å². The van der Waals surface area contributed by atoms with E-state index >= 15 is 0 Å². The number of ether oxygens (including phenoxy) is 6.